The molecule has 8 heteroatoms. The van der Waals surface area contributed by atoms with E-state index in [4.69, 9.17) is 14.2 Å². The molecule has 25 heavy (non-hydrogen) atoms. The molecular formula is C17H38N2O6. The van der Waals surface area contributed by atoms with Crippen LogP contribution in [0.25, 0.3) is 0 Å². The van der Waals surface area contributed by atoms with Gasteiger partial charge in [0.1, 0.15) is 12.4 Å². The van der Waals surface area contributed by atoms with E-state index in [1.165, 1.54) is 6.92 Å². The van der Waals surface area contributed by atoms with Crippen molar-refractivity contribution in [2.45, 2.75) is 40.5 Å². The first kappa shape index (κ1) is 25.7. The van der Waals surface area contributed by atoms with Gasteiger partial charge >= 0.3 is 0 Å². The van der Waals surface area contributed by atoms with Crippen molar-refractivity contribution in [1.82, 2.24) is 10.6 Å². The Balaban J connectivity index is -0.000000637. The van der Waals surface area contributed by atoms with Gasteiger partial charge in [-0.1, -0.05) is 13.8 Å². The quantitative estimate of drug-likeness (QED) is 0.422. The van der Waals surface area contributed by atoms with E-state index in [1.807, 2.05) is 20.8 Å². The first-order valence-corrected chi connectivity index (χ1v) is 8.82. The summed E-state index contributed by atoms with van der Waals surface area (Å²) in [6, 6.07) is 0. The highest BCUT2D eigenvalue weighted by Crippen LogP contribution is 1.85. The smallest absolute Gasteiger partial charge is 0.246 e. The summed E-state index contributed by atoms with van der Waals surface area (Å²) in [5, 5.41) is 5.33. The van der Waals surface area contributed by atoms with Gasteiger partial charge in [0.05, 0.1) is 26.4 Å². The number of Topliss-reactive ketones (excluding diaryl/α,β-unsaturated/α-hetero) is 1. The van der Waals surface area contributed by atoms with Crippen LogP contribution in [0.5, 0.6) is 0 Å². The zero-order valence-corrected chi connectivity index (χ0v) is 16.0. The summed E-state index contributed by atoms with van der Waals surface area (Å²) >= 11 is 0. The number of carbonyl (C=O) groups is 3. The van der Waals surface area contributed by atoms with Gasteiger partial charge in [-0.3, -0.25) is 14.4 Å². The molecule has 0 aromatic heterocycles. The minimum absolute atomic E-state index is 0. The zero-order chi connectivity index (χ0) is 19.3. The van der Waals surface area contributed by atoms with E-state index in [2.05, 4.69) is 10.6 Å². The second-order valence-corrected chi connectivity index (χ2v) is 4.76. The van der Waals surface area contributed by atoms with Gasteiger partial charge < -0.3 is 24.8 Å². The average molecular weight is 366 g/mol. The summed E-state index contributed by atoms with van der Waals surface area (Å²) in [4.78, 5) is 33.3. The van der Waals surface area contributed by atoms with Crippen molar-refractivity contribution in [1.29, 1.82) is 0 Å². The standard InChI is InChI=1S/C15H28N2O6.C2H6.2H2/c1-3-21-12-15(20)17-7-11-23-9-5-14(19)16-6-10-22-8-4-13(2)18;1-2;;/h3-12H2,1-2H3,(H,16,19)(H,17,20);1-2H3;2*1H. The normalized spacial score (nSPS) is 9.76. The average Bonchev–Trinajstić information content (AvgIpc) is 2.60. The van der Waals surface area contributed by atoms with Crippen molar-refractivity contribution in [2.75, 3.05) is 52.7 Å². The predicted molar refractivity (Wildman–Crippen MR) is 99.6 cm³/mol. The molecule has 0 unspecified atom stereocenters. The summed E-state index contributed by atoms with van der Waals surface area (Å²) in [5.74, 6) is -0.223. The van der Waals surface area contributed by atoms with E-state index in [9.17, 15) is 14.4 Å². The van der Waals surface area contributed by atoms with Gasteiger partial charge in [-0.2, -0.15) is 0 Å². The van der Waals surface area contributed by atoms with Crippen LogP contribution in [-0.4, -0.2) is 70.3 Å². The van der Waals surface area contributed by atoms with Crippen molar-refractivity contribution < 1.29 is 31.4 Å². The highest BCUT2D eigenvalue weighted by Gasteiger charge is 2.02. The molecule has 0 heterocycles. The van der Waals surface area contributed by atoms with Gasteiger partial charge in [0.25, 0.3) is 0 Å². The van der Waals surface area contributed by atoms with Gasteiger partial charge in [-0.15, -0.1) is 0 Å². The molecule has 2 N–H and O–H groups in total. The molecule has 0 aliphatic carbocycles. The monoisotopic (exact) mass is 366 g/mol. The third-order valence-corrected chi connectivity index (χ3v) is 2.65. The molecule has 0 saturated carbocycles. The molecule has 152 valence electrons. The van der Waals surface area contributed by atoms with Crippen LogP contribution >= 0.6 is 0 Å². The van der Waals surface area contributed by atoms with Crippen molar-refractivity contribution in [2.24, 2.45) is 0 Å². The number of hydrogen-bond acceptors (Lipinski definition) is 6. The maximum atomic E-state index is 11.5. The summed E-state index contributed by atoms with van der Waals surface area (Å²) in [5.41, 5.74) is 0. The number of carbonyl (C=O) groups excluding carboxylic acids is 3. The third kappa shape index (κ3) is 22.5. The minimum Gasteiger partial charge on any atom is -0.379 e. The lowest BCUT2D eigenvalue weighted by atomic mass is 10.3. The van der Waals surface area contributed by atoms with Crippen LogP contribution in [0.4, 0.5) is 0 Å². The van der Waals surface area contributed by atoms with E-state index in [0.29, 0.717) is 52.5 Å². The van der Waals surface area contributed by atoms with Crippen molar-refractivity contribution in [3.05, 3.63) is 0 Å². The van der Waals surface area contributed by atoms with E-state index in [0.717, 1.165) is 0 Å². The molecule has 0 aromatic carbocycles. The number of hydrogen-bond donors (Lipinski definition) is 2. The molecule has 0 rings (SSSR count). The molecule has 8 nitrogen and oxygen atoms in total. The summed E-state index contributed by atoms with van der Waals surface area (Å²) in [6.45, 7) is 10.1. The molecule has 0 spiro atoms. The largest absolute Gasteiger partial charge is 0.379 e. The molecule has 0 radical (unpaired) electrons. The number of ketones is 1. The Morgan fingerprint density at radius 1 is 0.800 bits per heavy atom. The van der Waals surface area contributed by atoms with Crippen LogP contribution < -0.4 is 10.6 Å². The first-order chi connectivity index (χ1) is 12.1. The van der Waals surface area contributed by atoms with Gasteiger partial charge in [-0.25, -0.2) is 0 Å². The maximum Gasteiger partial charge on any atom is 0.246 e. The fourth-order valence-electron chi connectivity index (χ4n) is 1.44. The Kier molecular flexibility index (Phi) is 21.1. The Hall–Kier alpha value is -1.51. The first-order valence-electron chi connectivity index (χ1n) is 8.82. The Morgan fingerprint density at radius 3 is 1.84 bits per heavy atom. The maximum absolute atomic E-state index is 11.5. The van der Waals surface area contributed by atoms with Crippen LogP contribution in [0.3, 0.4) is 0 Å². The SMILES string of the molecule is CC.CCOCC(=O)NCCOCCC(=O)NCCOCCC(C)=O.[HH].[HH]. The van der Waals surface area contributed by atoms with E-state index < -0.39 is 0 Å². The second kappa shape index (κ2) is 20.5. The van der Waals surface area contributed by atoms with Gasteiger partial charge in [0.15, 0.2) is 0 Å². The lowest BCUT2D eigenvalue weighted by Gasteiger charge is -2.07. The van der Waals surface area contributed by atoms with Gasteiger partial charge in [0, 0.05) is 35.4 Å². The number of ether oxygens (including phenoxy) is 3. The van der Waals surface area contributed by atoms with Crippen LogP contribution in [-0.2, 0) is 28.6 Å². The number of rotatable bonds is 15. The predicted octanol–water partition coefficient (Wildman–Crippen LogP) is 1.18. The Labute approximate surface area is 153 Å². The lowest BCUT2D eigenvalue weighted by Crippen LogP contribution is -2.31. The van der Waals surface area contributed by atoms with Crippen LogP contribution in [0.1, 0.15) is 43.4 Å². The summed E-state index contributed by atoms with van der Waals surface area (Å²) in [6.07, 6.45) is 0.642. The Morgan fingerprint density at radius 2 is 1.32 bits per heavy atom. The zero-order valence-electron chi connectivity index (χ0n) is 16.0. The highest BCUT2D eigenvalue weighted by molar-refractivity contribution is 5.77. The van der Waals surface area contributed by atoms with Crippen molar-refractivity contribution in [3.63, 3.8) is 0 Å². The van der Waals surface area contributed by atoms with Gasteiger partial charge in [0.2, 0.25) is 11.8 Å². The van der Waals surface area contributed by atoms with E-state index in [1.54, 1.807) is 0 Å². The van der Waals surface area contributed by atoms with Crippen LogP contribution in [0.15, 0.2) is 0 Å². The van der Waals surface area contributed by atoms with E-state index >= 15 is 0 Å². The van der Waals surface area contributed by atoms with E-state index in [-0.39, 0.29) is 33.5 Å². The van der Waals surface area contributed by atoms with Crippen LogP contribution in [0, 0.1) is 0 Å². The third-order valence-electron chi connectivity index (χ3n) is 2.65. The highest BCUT2D eigenvalue weighted by atomic mass is 16.5. The molecular weight excluding hydrogens is 328 g/mol. The lowest BCUT2D eigenvalue weighted by molar-refractivity contribution is -0.126. The number of nitrogens with one attached hydrogen (secondary N) is 2. The Bertz CT molecular complexity index is 360. The summed E-state index contributed by atoms with van der Waals surface area (Å²) in [7, 11) is 0. The topological polar surface area (TPSA) is 103 Å². The molecule has 0 aliphatic rings. The molecule has 0 aliphatic heterocycles. The molecule has 0 atom stereocenters. The molecule has 0 saturated heterocycles. The minimum atomic E-state index is -0.182. The fraction of sp³-hybridized carbons (Fsp3) is 0.824. The summed E-state index contributed by atoms with van der Waals surface area (Å²) < 4.78 is 15.4. The van der Waals surface area contributed by atoms with Crippen molar-refractivity contribution in [3.8, 4) is 0 Å². The second-order valence-electron chi connectivity index (χ2n) is 4.76. The molecule has 2 amide bonds. The van der Waals surface area contributed by atoms with Crippen LogP contribution in [0.2, 0.25) is 0 Å². The number of amides is 2. The molecule has 0 aromatic rings. The van der Waals surface area contributed by atoms with Crippen molar-refractivity contribution >= 4 is 17.6 Å². The molecule has 0 fully saturated rings. The fourth-order valence-corrected chi connectivity index (χ4v) is 1.44. The molecule has 0 bridgehead atoms. The van der Waals surface area contributed by atoms with Gasteiger partial charge in [-0.05, 0) is 13.8 Å².